The Morgan fingerprint density at radius 1 is 0.535 bits per heavy atom. The minimum atomic E-state index is -1.23. The van der Waals surface area contributed by atoms with Crippen LogP contribution in [0.3, 0.4) is 0 Å². The Hall–Kier alpha value is -3.32. The molecule has 9 heteroatoms. The number of nitrogens with zero attached hydrogens (tertiary/aromatic N) is 4. The fraction of sp³-hybridized carbons (Fsp3) is 0.471. The number of carboxylic acids is 2. The zero-order chi connectivity index (χ0) is 33.0. The number of carbonyl (C=O) groups excluding carboxylic acids is 2. The van der Waals surface area contributed by atoms with Crippen LogP contribution < -0.4 is 10.2 Å². The molecule has 0 saturated heterocycles. The van der Waals surface area contributed by atoms with Crippen LogP contribution in [0.1, 0.15) is 99.6 Å². The molecule has 0 spiro atoms. The standard InChI is InChI=1S/2C10H15.2C7H10N2O2.Ru/c2*1-6-7(2)9(4)10(5)8(6)3;2*1-4-5(2)9(3)6(8-4)7(10)11;/h2*1-5H3;2*1-3H3,(H,10,11);/q2*-1;;;+4/p-2. The van der Waals surface area contributed by atoms with Crippen LogP contribution in [0, 0.1) is 96.9 Å². The molecule has 0 atom stereocenters. The molecule has 0 aliphatic heterocycles. The zero-order valence-electron chi connectivity index (χ0n) is 28.8. The van der Waals surface area contributed by atoms with Gasteiger partial charge in [-0.2, -0.15) is 55.6 Å². The first-order valence-corrected chi connectivity index (χ1v) is 14.0. The molecule has 4 aromatic rings. The minimum Gasteiger partial charge on any atom is -0.542 e. The normalized spacial score (nSPS) is 10.0. The van der Waals surface area contributed by atoms with Gasteiger partial charge in [0.15, 0.2) is 11.6 Å². The van der Waals surface area contributed by atoms with Gasteiger partial charge in [-0.15, -0.1) is 0 Å². The second-order valence-corrected chi connectivity index (χ2v) is 11.2. The van der Waals surface area contributed by atoms with Crippen molar-refractivity contribution in [2.75, 3.05) is 0 Å². The Bertz CT molecular complexity index is 1320. The molecular weight excluding hydrogens is 629 g/mol. The van der Waals surface area contributed by atoms with E-state index in [0.29, 0.717) is 0 Å². The van der Waals surface area contributed by atoms with E-state index in [1.807, 2.05) is 13.8 Å². The number of carboxylic acid groups (broad SMARTS) is 2. The van der Waals surface area contributed by atoms with Crippen LogP contribution in [-0.2, 0) is 33.6 Å². The smallest absolute Gasteiger partial charge is 0.542 e. The van der Waals surface area contributed by atoms with Crippen molar-refractivity contribution in [1.29, 1.82) is 0 Å². The summed E-state index contributed by atoms with van der Waals surface area (Å²) in [7, 11) is 3.31. The van der Waals surface area contributed by atoms with E-state index >= 15 is 0 Å². The molecule has 8 nitrogen and oxygen atoms in total. The summed E-state index contributed by atoms with van der Waals surface area (Å²) in [5, 5.41) is 20.8. The van der Waals surface area contributed by atoms with Crippen molar-refractivity contribution in [2.45, 2.75) is 96.9 Å². The molecular formula is C34H48N4O4Ru. The van der Waals surface area contributed by atoms with Gasteiger partial charge in [0.05, 0.1) is 11.4 Å². The van der Waals surface area contributed by atoms with Crippen molar-refractivity contribution in [2.24, 2.45) is 14.1 Å². The second kappa shape index (κ2) is 16.0. The van der Waals surface area contributed by atoms with Crippen LogP contribution in [0.2, 0.25) is 0 Å². The SMILES string of the molecule is Cc1c(C)c(C)[c-](C)c1C.Cc1c(C)c(C)[c-](C)c1C.Cc1nc(C(=O)[O-])n(C)c1C.Cc1nc(C(=O)[O-])n(C)c1C.[Ru+4]. The van der Waals surface area contributed by atoms with Gasteiger partial charge in [-0.3, -0.25) is 0 Å². The van der Waals surface area contributed by atoms with Gasteiger partial charge in [0.2, 0.25) is 0 Å². The molecule has 43 heavy (non-hydrogen) atoms. The largest absolute Gasteiger partial charge is 4.00 e. The number of aryl methyl sites for hydroxylation is 2. The number of imidazole rings is 2. The van der Waals surface area contributed by atoms with Gasteiger partial charge >= 0.3 is 19.5 Å². The first-order valence-electron chi connectivity index (χ1n) is 14.0. The molecule has 0 amide bonds. The Labute approximate surface area is 270 Å². The summed E-state index contributed by atoms with van der Waals surface area (Å²) in [6.45, 7) is 29.2. The molecule has 0 aliphatic rings. The Morgan fingerprint density at radius 3 is 0.814 bits per heavy atom. The summed E-state index contributed by atoms with van der Waals surface area (Å²) in [4.78, 5) is 28.4. The molecule has 0 aliphatic carbocycles. The zero-order valence-corrected chi connectivity index (χ0v) is 30.5. The van der Waals surface area contributed by atoms with Gasteiger partial charge in [0.1, 0.15) is 11.9 Å². The Kier molecular flexibility index (Phi) is 14.7. The maximum absolute atomic E-state index is 10.4. The van der Waals surface area contributed by atoms with Crippen molar-refractivity contribution in [3.63, 3.8) is 0 Å². The van der Waals surface area contributed by atoms with Crippen LogP contribution in [0.4, 0.5) is 0 Å². The van der Waals surface area contributed by atoms with Crippen molar-refractivity contribution >= 4 is 11.9 Å². The topological polar surface area (TPSA) is 116 Å². The molecule has 0 saturated carbocycles. The molecule has 0 radical (unpaired) electrons. The van der Waals surface area contributed by atoms with Crippen LogP contribution in [-0.4, -0.2) is 31.0 Å². The number of hydrogen-bond acceptors (Lipinski definition) is 6. The first-order chi connectivity index (χ1) is 19.2. The number of aromatic nitrogens is 4. The van der Waals surface area contributed by atoms with Gasteiger partial charge in [0, 0.05) is 25.5 Å². The van der Waals surface area contributed by atoms with E-state index < -0.39 is 11.9 Å². The molecule has 2 aromatic carbocycles. The molecule has 2 heterocycles. The third-order valence-corrected chi connectivity index (χ3v) is 9.23. The molecule has 0 fully saturated rings. The van der Waals surface area contributed by atoms with Gasteiger partial charge in [0.25, 0.3) is 0 Å². The van der Waals surface area contributed by atoms with E-state index in [1.54, 1.807) is 27.9 Å². The van der Waals surface area contributed by atoms with Crippen LogP contribution in [0.15, 0.2) is 0 Å². The fourth-order valence-electron chi connectivity index (χ4n) is 4.61. The predicted molar refractivity (Wildman–Crippen MR) is 165 cm³/mol. The summed E-state index contributed by atoms with van der Waals surface area (Å²) in [6.07, 6.45) is 0. The Balaban J connectivity index is 0.000000543. The van der Waals surface area contributed by atoms with Crippen molar-refractivity contribution in [3.05, 3.63) is 90.1 Å². The number of rotatable bonds is 2. The summed E-state index contributed by atoms with van der Waals surface area (Å²) in [6, 6.07) is 0. The Morgan fingerprint density at radius 2 is 0.744 bits per heavy atom. The van der Waals surface area contributed by atoms with Gasteiger partial charge in [-0.05, 0) is 27.7 Å². The third kappa shape index (κ3) is 8.85. The maximum atomic E-state index is 10.4. The fourth-order valence-corrected chi connectivity index (χ4v) is 4.61. The van der Waals surface area contributed by atoms with E-state index in [2.05, 4.69) is 79.2 Å². The van der Waals surface area contributed by atoms with Crippen LogP contribution in [0.5, 0.6) is 0 Å². The van der Waals surface area contributed by atoms with Gasteiger partial charge in [-0.1, -0.05) is 69.2 Å². The average Bonchev–Trinajstić information content (AvgIpc) is 3.48. The van der Waals surface area contributed by atoms with Crippen molar-refractivity contribution in [1.82, 2.24) is 19.1 Å². The molecule has 0 N–H and O–H groups in total. The first kappa shape index (κ1) is 39.7. The quantitative estimate of drug-likeness (QED) is 0.225. The monoisotopic (exact) mass is 678 g/mol. The number of aromatic carboxylic acids is 2. The molecule has 0 bridgehead atoms. The van der Waals surface area contributed by atoms with Crippen molar-refractivity contribution < 1.29 is 39.3 Å². The summed E-state index contributed by atoms with van der Waals surface area (Å²) >= 11 is 0. The third-order valence-electron chi connectivity index (χ3n) is 9.23. The molecule has 4 rings (SSSR count). The minimum absolute atomic E-state index is 0. The van der Waals surface area contributed by atoms with E-state index in [1.165, 1.54) is 64.8 Å². The second-order valence-electron chi connectivity index (χ2n) is 11.2. The van der Waals surface area contributed by atoms with E-state index in [9.17, 15) is 19.8 Å². The average molecular weight is 678 g/mol. The van der Waals surface area contributed by atoms with E-state index in [0.717, 1.165) is 22.8 Å². The summed E-state index contributed by atoms with van der Waals surface area (Å²) in [5.74, 6) is -2.49. The summed E-state index contributed by atoms with van der Waals surface area (Å²) in [5.41, 5.74) is 17.8. The van der Waals surface area contributed by atoms with E-state index in [4.69, 9.17) is 0 Å². The van der Waals surface area contributed by atoms with Crippen molar-refractivity contribution in [3.8, 4) is 0 Å². The number of hydrogen-bond donors (Lipinski definition) is 0. The molecule has 2 aromatic heterocycles. The van der Waals surface area contributed by atoms with Crippen LogP contribution >= 0.6 is 0 Å². The van der Waals surface area contributed by atoms with E-state index in [-0.39, 0.29) is 31.1 Å². The predicted octanol–water partition coefficient (Wildman–Crippen LogP) is 4.69. The molecule has 236 valence electrons. The van der Waals surface area contributed by atoms with Gasteiger partial charge < -0.3 is 28.9 Å². The molecule has 0 unspecified atom stereocenters. The van der Waals surface area contributed by atoms with Crippen LogP contribution in [0.25, 0.3) is 0 Å². The summed E-state index contributed by atoms with van der Waals surface area (Å²) < 4.78 is 3.01. The maximum Gasteiger partial charge on any atom is 4.00 e. The van der Waals surface area contributed by atoms with Gasteiger partial charge in [-0.25, -0.2) is 9.97 Å². The number of carbonyl (C=O) groups is 2.